The quantitative estimate of drug-likeness (QED) is 0.510. The Morgan fingerprint density at radius 1 is 1.03 bits per heavy atom. The maximum atomic E-state index is 13.9. The Bertz CT molecular complexity index is 1150. The number of carboxylic acids is 1. The number of rotatable bonds is 7. The topological polar surface area (TPSA) is 87.1 Å². The minimum Gasteiger partial charge on any atom is -0.505 e. The van der Waals surface area contributed by atoms with Crippen molar-refractivity contribution in [2.24, 2.45) is 0 Å². The molecule has 0 heterocycles. The molecule has 4 rings (SSSR count). The Labute approximate surface area is 190 Å². The lowest BCUT2D eigenvalue weighted by Gasteiger charge is -2.29. The molecular weight excluding hydrogens is 425 g/mol. The first kappa shape index (κ1) is 22.3. The monoisotopic (exact) mass is 449 g/mol. The van der Waals surface area contributed by atoms with Gasteiger partial charge in [0.15, 0.2) is 17.6 Å². The summed E-state index contributed by atoms with van der Waals surface area (Å²) in [5.41, 5.74) is 4.30. The van der Waals surface area contributed by atoms with E-state index in [9.17, 15) is 24.2 Å². The van der Waals surface area contributed by atoms with Gasteiger partial charge < -0.3 is 14.9 Å². The number of phenolic OH excluding ortho intramolecular Hbond substituents is 1. The molecule has 1 aliphatic rings. The Balaban J connectivity index is 1.59. The summed E-state index contributed by atoms with van der Waals surface area (Å²) in [7, 11) is 0. The number of carbonyl (C=O) groups is 2. The van der Waals surface area contributed by atoms with E-state index in [4.69, 9.17) is 4.74 Å². The molecule has 33 heavy (non-hydrogen) atoms. The van der Waals surface area contributed by atoms with Crippen molar-refractivity contribution in [3.63, 3.8) is 0 Å². The number of ether oxygens (including phenoxy) is 1. The molecule has 0 aliphatic heterocycles. The summed E-state index contributed by atoms with van der Waals surface area (Å²) < 4.78 is 19.6. The van der Waals surface area contributed by atoms with Crippen molar-refractivity contribution >= 4 is 12.1 Å². The fourth-order valence-corrected chi connectivity index (χ4v) is 4.39. The molecule has 0 bridgehead atoms. The van der Waals surface area contributed by atoms with Crippen LogP contribution in [0.1, 0.15) is 42.0 Å². The zero-order valence-corrected chi connectivity index (χ0v) is 18.1. The van der Waals surface area contributed by atoms with E-state index in [0.29, 0.717) is 6.42 Å². The van der Waals surface area contributed by atoms with Crippen LogP contribution < -0.4 is 0 Å². The Hall–Kier alpha value is -3.87. The van der Waals surface area contributed by atoms with Crippen LogP contribution in [0.2, 0.25) is 0 Å². The molecule has 1 atom stereocenters. The van der Waals surface area contributed by atoms with E-state index in [1.165, 1.54) is 6.07 Å². The molecule has 0 fully saturated rings. The molecule has 7 heteroatoms. The van der Waals surface area contributed by atoms with E-state index in [0.717, 1.165) is 39.3 Å². The molecule has 1 aliphatic carbocycles. The second-order valence-corrected chi connectivity index (χ2v) is 7.95. The van der Waals surface area contributed by atoms with Crippen molar-refractivity contribution in [1.82, 2.24) is 4.90 Å². The molecule has 3 aromatic rings. The van der Waals surface area contributed by atoms with Gasteiger partial charge in [-0.1, -0.05) is 61.5 Å². The van der Waals surface area contributed by atoms with Crippen molar-refractivity contribution in [3.05, 3.63) is 89.2 Å². The lowest BCUT2D eigenvalue weighted by molar-refractivity contribution is -0.143. The summed E-state index contributed by atoms with van der Waals surface area (Å²) in [6.07, 6.45) is -0.311. The van der Waals surface area contributed by atoms with E-state index >= 15 is 0 Å². The van der Waals surface area contributed by atoms with Crippen molar-refractivity contribution in [2.45, 2.75) is 25.3 Å². The van der Waals surface area contributed by atoms with E-state index < -0.39 is 29.7 Å². The molecule has 6 nitrogen and oxygen atoms in total. The normalized spacial score (nSPS) is 13.2. The number of nitrogens with zero attached hydrogens (tertiary/aromatic N) is 1. The highest BCUT2D eigenvalue weighted by Gasteiger charge is 2.34. The molecule has 1 amide bonds. The molecule has 0 aromatic heterocycles. The van der Waals surface area contributed by atoms with Crippen molar-refractivity contribution in [2.75, 3.05) is 13.2 Å². The number of carbonyl (C=O) groups excluding carboxylic acids is 1. The molecule has 2 N–H and O–H groups in total. The summed E-state index contributed by atoms with van der Waals surface area (Å²) >= 11 is 0. The number of fused-ring (bicyclic) bond motifs is 3. The average Bonchev–Trinajstić information content (AvgIpc) is 3.13. The van der Waals surface area contributed by atoms with Crippen LogP contribution in [-0.2, 0) is 9.53 Å². The van der Waals surface area contributed by atoms with Gasteiger partial charge in [-0.2, -0.15) is 0 Å². The molecule has 0 spiro atoms. The van der Waals surface area contributed by atoms with Crippen LogP contribution in [0.25, 0.3) is 11.1 Å². The largest absolute Gasteiger partial charge is 0.505 e. The molecule has 0 radical (unpaired) electrons. The predicted octanol–water partition coefficient (Wildman–Crippen LogP) is 5.32. The maximum absolute atomic E-state index is 13.9. The second-order valence-electron chi connectivity index (χ2n) is 7.95. The van der Waals surface area contributed by atoms with Crippen LogP contribution in [-0.4, -0.2) is 40.3 Å². The number of hydrogen-bond acceptors (Lipinski definition) is 4. The summed E-state index contributed by atoms with van der Waals surface area (Å²) in [5, 5.41) is 19.3. The number of benzene rings is 3. The van der Waals surface area contributed by atoms with Crippen LogP contribution in [0, 0.1) is 5.82 Å². The smallest absolute Gasteiger partial charge is 0.410 e. The van der Waals surface area contributed by atoms with E-state index in [1.54, 1.807) is 6.92 Å². The highest BCUT2D eigenvalue weighted by atomic mass is 19.1. The molecule has 0 saturated carbocycles. The van der Waals surface area contributed by atoms with Crippen LogP contribution in [0.3, 0.4) is 0 Å². The number of halogens is 1. The summed E-state index contributed by atoms with van der Waals surface area (Å²) in [6, 6.07) is 17.7. The molecular formula is C26H24FNO5. The lowest BCUT2D eigenvalue weighted by Crippen LogP contribution is -2.40. The summed E-state index contributed by atoms with van der Waals surface area (Å²) in [6.45, 7) is 1.96. The second kappa shape index (κ2) is 9.32. The predicted molar refractivity (Wildman–Crippen MR) is 121 cm³/mol. The Morgan fingerprint density at radius 2 is 1.64 bits per heavy atom. The third-order valence-electron chi connectivity index (χ3n) is 5.87. The number of aromatic hydroxyl groups is 1. The van der Waals surface area contributed by atoms with Gasteiger partial charge in [0.25, 0.3) is 0 Å². The summed E-state index contributed by atoms with van der Waals surface area (Å²) in [4.78, 5) is 26.2. The van der Waals surface area contributed by atoms with Crippen LogP contribution >= 0.6 is 0 Å². The third-order valence-corrected chi connectivity index (χ3v) is 5.87. The molecule has 0 saturated heterocycles. The minimum atomic E-state index is -1.45. The van der Waals surface area contributed by atoms with Gasteiger partial charge in [0.2, 0.25) is 0 Å². The van der Waals surface area contributed by atoms with Crippen molar-refractivity contribution in [1.29, 1.82) is 0 Å². The summed E-state index contributed by atoms with van der Waals surface area (Å²) in [5.74, 6) is -3.03. The van der Waals surface area contributed by atoms with Gasteiger partial charge in [0, 0.05) is 12.5 Å². The highest BCUT2D eigenvalue weighted by Crippen LogP contribution is 2.44. The van der Waals surface area contributed by atoms with Gasteiger partial charge >= 0.3 is 12.1 Å². The van der Waals surface area contributed by atoms with Gasteiger partial charge in [-0.15, -0.1) is 0 Å². The van der Waals surface area contributed by atoms with E-state index in [2.05, 4.69) is 0 Å². The highest BCUT2D eigenvalue weighted by molar-refractivity contribution is 5.82. The Kier molecular flexibility index (Phi) is 6.31. The fourth-order valence-electron chi connectivity index (χ4n) is 4.39. The molecule has 1 unspecified atom stereocenters. The Morgan fingerprint density at radius 3 is 2.18 bits per heavy atom. The number of aliphatic carboxylic acids is 1. The van der Waals surface area contributed by atoms with E-state index in [-0.39, 0.29) is 24.6 Å². The third kappa shape index (κ3) is 4.26. The molecule has 170 valence electrons. The maximum Gasteiger partial charge on any atom is 0.410 e. The average molecular weight is 449 g/mol. The zero-order valence-electron chi connectivity index (χ0n) is 18.1. The van der Waals surface area contributed by atoms with Crippen molar-refractivity contribution < 1.29 is 28.9 Å². The van der Waals surface area contributed by atoms with Gasteiger partial charge in [0.1, 0.15) is 6.61 Å². The number of amides is 1. The minimum absolute atomic E-state index is 0.0414. The first-order valence-corrected chi connectivity index (χ1v) is 10.7. The van der Waals surface area contributed by atoms with Gasteiger partial charge in [-0.25, -0.2) is 14.0 Å². The van der Waals surface area contributed by atoms with Crippen LogP contribution in [0.4, 0.5) is 9.18 Å². The number of carboxylic acid groups (broad SMARTS) is 1. The standard InChI is InChI=1S/C26H24FNO5/c1-2-13-28(24(25(30)31)16-11-12-23(29)22(27)14-16)26(32)33-15-21-19-9-5-3-7-17(19)18-8-4-6-10-20(18)21/h3-12,14,21,24,29H,2,13,15H2,1H3,(H,30,31). The first-order valence-electron chi connectivity index (χ1n) is 10.7. The first-order chi connectivity index (χ1) is 15.9. The van der Waals surface area contributed by atoms with E-state index in [1.807, 2.05) is 48.5 Å². The number of hydrogen-bond donors (Lipinski definition) is 2. The van der Waals surface area contributed by atoms with Crippen molar-refractivity contribution in [3.8, 4) is 16.9 Å². The van der Waals surface area contributed by atoms with Gasteiger partial charge in [-0.05, 0) is 46.4 Å². The fraction of sp³-hybridized carbons (Fsp3) is 0.231. The van der Waals surface area contributed by atoms with Gasteiger partial charge in [0.05, 0.1) is 0 Å². The SMILES string of the molecule is CCCN(C(=O)OCC1c2ccccc2-c2ccccc21)C(C(=O)O)c1ccc(O)c(F)c1. The zero-order chi connectivity index (χ0) is 23.5. The van der Waals surface area contributed by atoms with Crippen LogP contribution in [0.5, 0.6) is 5.75 Å². The van der Waals surface area contributed by atoms with Crippen LogP contribution in [0.15, 0.2) is 66.7 Å². The van der Waals surface area contributed by atoms with Gasteiger partial charge in [-0.3, -0.25) is 4.90 Å². The number of phenols is 1. The lowest BCUT2D eigenvalue weighted by atomic mass is 9.98. The molecule has 3 aromatic carbocycles.